The number of thiophene rings is 1. The minimum atomic E-state index is -0.0426. The second-order valence-electron chi connectivity index (χ2n) is 6.94. The maximum atomic E-state index is 11.7. The third-order valence-corrected chi connectivity index (χ3v) is 5.68. The van der Waals surface area contributed by atoms with Gasteiger partial charge >= 0.3 is 6.03 Å². The van der Waals surface area contributed by atoms with Crippen LogP contribution in [0.3, 0.4) is 0 Å². The lowest BCUT2D eigenvalue weighted by Gasteiger charge is -2.39. The van der Waals surface area contributed by atoms with Gasteiger partial charge in [-0.05, 0) is 37.1 Å². The van der Waals surface area contributed by atoms with Gasteiger partial charge in [-0.25, -0.2) is 4.79 Å². The molecule has 0 saturated carbocycles. The first kappa shape index (κ1) is 16.7. The van der Waals surface area contributed by atoms with Crippen LogP contribution in [0.5, 0.6) is 0 Å². The van der Waals surface area contributed by atoms with Crippen LogP contribution in [0.25, 0.3) is 0 Å². The van der Waals surface area contributed by atoms with Crippen LogP contribution in [-0.2, 0) is 11.3 Å². The molecule has 0 radical (unpaired) electrons. The highest BCUT2D eigenvalue weighted by Crippen LogP contribution is 2.37. The molecule has 128 valence electrons. The number of nitrogens with one attached hydrogen (secondary N) is 1. The van der Waals surface area contributed by atoms with Gasteiger partial charge in [0.2, 0.25) is 0 Å². The van der Waals surface area contributed by atoms with Gasteiger partial charge in [-0.1, -0.05) is 6.07 Å². The molecule has 0 aliphatic carbocycles. The summed E-state index contributed by atoms with van der Waals surface area (Å²) in [6.45, 7) is 3.77. The molecule has 0 unspecified atom stereocenters. The number of carbonyl (C=O) groups excluding carboxylic acids is 1. The van der Waals surface area contributed by atoms with E-state index in [1.807, 2.05) is 11.3 Å². The fraction of sp³-hybridized carbons (Fsp3) is 0.706. The van der Waals surface area contributed by atoms with E-state index in [4.69, 9.17) is 4.74 Å². The minimum Gasteiger partial charge on any atom is -0.369 e. The van der Waals surface area contributed by atoms with Gasteiger partial charge in [0, 0.05) is 45.2 Å². The number of ether oxygens (including phenoxy) is 1. The molecule has 2 aliphatic rings. The molecule has 2 atom stereocenters. The molecule has 1 aromatic rings. The molecular formula is C17H27N3O2S. The lowest BCUT2D eigenvalue weighted by molar-refractivity contribution is -0.118. The Hall–Kier alpha value is -1.11. The first-order valence-electron chi connectivity index (χ1n) is 8.44. The van der Waals surface area contributed by atoms with E-state index in [0.717, 1.165) is 38.9 Å². The molecule has 2 saturated heterocycles. The SMILES string of the molecule is CN(C)C(=O)NC[C@@H]1CCC[C@]2(CCN(Cc3cccs3)C2)O1. The summed E-state index contributed by atoms with van der Waals surface area (Å²) in [7, 11) is 3.52. The van der Waals surface area contributed by atoms with Gasteiger partial charge in [-0.3, -0.25) is 4.90 Å². The molecule has 6 heteroatoms. The Balaban J connectivity index is 1.50. The Morgan fingerprint density at radius 2 is 2.39 bits per heavy atom. The molecule has 1 aromatic heterocycles. The molecule has 2 fully saturated rings. The molecule has 1 N–H and O–H groups in total. The smallest absolute Gasteiger partial charge is 0.316 e. The zero-order chi connectivity index (χ0) is 16.3. The Morgan fingerprint density at radius 1 is 1.52 bits per heavy atom. The number of hydrogen-bond donors (Lipinski definition) is 1. The van der Waals surface area contributed by atoms with Crippen LogP contribution in [0.2, 0.25) is 0 Å². The molecule has 1 spiro atoms. The van der Waals surface area contributed by atoms with E-state index >= 15 is 0 Å². The minimum absolute atomic E-state index is 0.00300. The summed E-state index contributed by atoms with van der Waals surface area (Å²) < 4.78 is 6.44. The van der Waals surface area contributed by atoms with Crippen LogP contribution >= 0.6 is 11.3 Å². The zero-order valence-electron chi connectivity index (χ0n) is 14.1. The van der Waals surface area contributed by atoms with Crippen LogP contribution in [0.1, 0.15) is 30.6 Å². The Kier molecular flexibility index (Phi) is 5.24. The first-order valence-corrected chi connectivity index (χ1v) is 9.32. The fourth-order valence-corrected chi connectivity index (χ4v) is 4.36. The van der Waals surface area contributed by atoms with Crippen LogP contribution in [0.4, 0.5) is 4.79 Å². The summed E-state index contributed by atoms with van der Waals surface area (Å²) in [5.41, 5.74) is 0.00300. The molecule has 0 bridgehead atoms. The maximum absolute atomic E-state index is 11.7. The molecule has 3 rings (SSSR count). The summed E-state index contributed by atoms with van der Waals surface area (Å²) in [6.07, 6.45) is 4.63. The second kappa shape index (κ2) is 7.20. The van der Waals surface area contributed by atoms with Gasteiger partial charge in [0.15, 0.2) is 0 Å². The van der Waals surface area contributed by atoms with Crippen molar-refractivity contribution in [3.63, 3.8) is 0 Å². The van der Waals surface area contributed by atoms with Crippen LogP contribution in [0.15, 0.2) is 17.5 Å². The largest absolute Gasteiger partial charge is 0.369 e. The number of rotatable bonds is 4. The number of hydrogen-bond acceptors (Lipinski definition) is 4. The van der Waals surface area contributed by atoms with Gasteiger partial charge in [-0.2, -0.15) is 0 Å². The number of likely N-dealkylation sites (tertiary alicyclic amines) is 1. The molecule has 5 nitrogen and oxygen atoms in total. The van der Waals surface area contributed by atoms with E-state index in [-0.39, 0.29) is 17.7 Å². The molecular weight excluding hydrogens is 310 g/mol. The summed E-state index contributed by atoms with van der Waals surface area (Å²) in [5, 5.41) is 5.10. The van der Waals surface area contributed by atoms with Crippen LogP contribution in [-0.4, -0.2) is 61.3 Å². The number of nitrogens with zero attached hydrogens (tertiary/aromatic N) is 2. The highest BCUT2D eigenvalue weighted by Gasteiger charge is 2.42. The number of urea groups is 1. The third kappa shape index (κ3) is 4.25. The first-order chi connectivity index (χ1) is 11.1. The van der Waals surface area contributed by atoms with Crippen molar-refractivity contribution in [1.82, 2.24) is 15.1 Å². The standard InChI is InChI=1S/C17H27N3O2S/c1-19(2)16(21)18-11-14-5-3-7-17(22-14)8-9-20(13-17)12-15-6-4-10-23-15/h4,6,10,14H,3,5,7-9,11-13H2,1-2H3,(H,18,21)/t14-,17+/m0/s1. The van der Waals surface area contributed by atoms with E-state index in [1.165, 1.54) is 11.3 Å². The van der Waals surface area contributed by atoms with Gasteiger partial charge < -0.3 is 15.0 Å². The van der Waals surface area contributed by atoms with E-state index < -0.39 is 0 Å². The lowest BCUT2D eigenvalue weighted by atomic mass is 9.90. The van der Waals surface area contributed by atoms with Crippen molar-refractivity contribution in [3.8, 4) is 0 Å². The average Bonchev–Trinajstić information content (AvgIpc) is 3.16. The summed E-state index contributed by atoms with van der Waals surface area (Å²) in [6, 6.07) is 4.28. The molecule has 2 amide bonds. The van der Waals surface area contributed by atoms with Crippen LogP contribution in [0, 0.1) is 0 Å². The fourth-order valence-electron chi connectivity index (χ4n) is 3.61. The predicted octanol–water partition coefficient (Wildman–Crippen LogP) is 2.53. The van der Waals surface area contributed by atoms with Crippen molar-refractivity contribution in [2.75, 3.05) is 33.7 Å². The third-order valence-electron chi connectivity index (χ3n) is 4.82. The maximum Gasteiger partial charge on any atom is 0.316 e. The van der Waals surface area contributed by atoms with Crippen LogP contribution < -0.4 is 5.32 Å². The molecule has 3 heterocycles. The van der Waals surface area contributed by atoms with Crippen molar-refractivity contribution >= 4 is 17.4 Å². The van der Waals surface area contributed by atoms with E-state index in [2.05, 4.69) is 27.7 Å². The van der Waals surface area contributed by atoms with Gasteiger partial charge in [0.05, 0.1) is 11.7 Å². The predicted molar refractivity (Wildman–Crippen MR) is 92.8 cm³/mol. The lowest BCUT2D eigenvalue weighted by Crippen LogP contribution is -2.48. The van der Waals surface area contributed by atoms with Crippen molar-refractivity contribution in [2.24, 2.45) is 0 Å². The quantitative estimate of drug-likeness (QED) is 0.918. The van der Waals surface area contributed by atoms with E-state index in [1.54, 1.807) is 19.0 Å². The monoisotopic (exact) mass is 337 g/mol. The summed E-state index contributed by atoms with van der Waals surface area (Å²) in [4.78, 5) is 17.2. The number of carbonyl (C=O) groups is 1. The van der Waals surface area contributed by atoms with Gasteiger partial charge in [0.25, 0.3) is 0 Å². The highest BCUT2D eigenvalue weighted by molar-refractivity contribution is 7.09. The second-order valence-corrected chi connectivity index (χ2v) is 7.97. The Bertz CT molecular complexity index is 520. The van der Waals surface area contributed by atoms with E-state index in [0.29, 0.717) is 6.54 Å². The van der Waals surface area contributed by atoms with Crippen molar-refractivity contribution in [2.45, 2.75) is 43.9 Å². The van der Waals surface area contributed by atoms with Gasteiger partial charge in [0.1, 0.15) is 0 Å². The van der Waals surface area contributed by atoms with Gasteiger partial charge in [-0.15, -0.1) is 11.3 Å². The number of amides is 2. The van der Waals surface area contributed by atoms with Crippen molar-refractivity contribution in [3.05, 3.63) is 22.4 Å². The summed E-state index contributed by atoms with van der Waals surface area (Å²) in [5.74, 6) is 0. The highest BCUT2D eigenvalue weighted by atomic mass is 32.1. The summed E-state index contributed by atoms with van der Waals surface area (Å²) >= 11 is 1.82. The van der Waals surface area contributed by atoms with Crippen molar-refractivity contribution < 1.29 is 9.53 Å². The Labute approximate surface area is 142 Å². The van der Waals surface area contributed by atoms with E-state index in [9.17, 15) is 4.79 Å². The molecule has 2 aliphatic heterocycles. The van der Waals surface area contributed by atoms with Crippen molar-refractivity contribution in [1.29, 1.82) is 0 Å². The average molecular weight is 337 g/mol. The zero-order valence-corrected chi connectivity index (χ0v) is 14.9. The Morgan fingerprint density at radius 3 is 3.13 bits per heavy atom. The topological polar surface area (TPSA) is 44.8 Å². The molecule has 23 heavy (non-hydrogen) atoms. The molecule has 0 aromatic carbocycles. The normalized spacial score (nSPS) is 28.2.